The van der Waals surface area contributed by atoms with Crippen LogP contribution in [-0.4, -0.2) is 25.8 Å². The molecule has 0 aromatic rings. The molecule has 0 aromatic heterocycles. The van der Waals surface area contributed by atoms with Crippen molar-refractivity contribution in [2.45, 2.75) is 259 Å². The fourth-order valence-electron chi connectivity index (χ4n) is 7.60. The molecule has 3 heteroatoms. The van der Waals surface area contributed by atoms with Gasteiger partial charge in [0.25, 0.3) is 0 Å². The number of carbonyl (C=O) groups is 1. The summed E-state index contributed by atoms with van der Waals surface area (Å²) in [5.74, 6) is 1.77. The molecule has 0 saturated carbocycles. The van der Waals surface area contributed by atoms with Gasteiger partial charge in [-0.2, -0.15) is 0 Å². The monoisotopic (exact) mass is 679 g/mol. The van der Waals surface area contributed by atoms with E-state index in [0.29, 0.717) is 19.1 Å². The first-order valence-electron chi connectivity index (χ1n) is 22.3. The van der Waals surface area contributed by atoms with Crippen LogP contribution in [0.3, 0.4) is 0 Å². The highest BCUT2D eigenvalue weighted by Crippen LogP contribution is 2.25. The van der Waals surface area contributed by atoms with Crippen LogP contribution >= 0.6 is 0 Å². The normalized spacial score (nSPS) is 12.4. The quantitative estimate of drug-likeness (QED) is 0.0478. The van der Waals surface area contributed by atoms with Crippen molar-refractivity contribution in [3.05, 3.63) is 0 Å². The van der Waals surface area contributed by atoms with Gasteiger partial charge in [0.15, 0.2) is 0 Å². The summed E-state index contributed by atoms with van der Waals surface area (Å²) >= 11 is 0. The Balaban J connectivity index is 3.70. The van der Waals surface area contributed by atoms with E-state index in [-0.39, 0.29) is 5.97 Å². The van der Waals surface area contributed by atoms with Crippen LogP contribution in [0.4, 0.5) is 0 Å². The third kappa shape index (κ3) is 33.9. The molecule has 0 aromatic carbocycles. The van der Waals surface area contributed by atoms with Crippen molar-refractivity contribution in [3.63, 3.8) is 0 Å². The smallest absolute Gasteiger partial charge is 0.305 e. The van der Waals surface area contributed by atoms with Gasteiger partial charge in [-0.3, -0.25) is 4.79 Å². The van der Waals surface area contributed by atoms with E-state index in [1.165, 1.54) is 199 Å². The van der Waals surface area contributed by atoms with E-state index in [1.54, 1.807) is 0 Å². The zero-order valence-corrected chi connectivity index (χ0v) is 33.9. The van der Waals surface area contributed by atoms with Crippen LogP contribution in [0.2, 0.25) is 0 Å². The van der Waals surface area contributed by atoms with Gasteiger partial charge in [-0.15, -0.1) is 0 Å². The molecular formula is C45H90O3. The molecule has 288 valence electrons. The van der Waals surface area contributed by atoms with Gasteiger partial charge in [0, 0.05) is 13.5 Å². The third-order valence-corrected chi connectivity index (χ3v) is 11.0. The van der Waals surface area contributed by atoms with E-state index in [2.05, 4.69) is 27.7 Å². The van der Waals surface area contributed by atoms with Crippen molar-refractivity contribution in [2.24, 2.45) is 11.8 Å². The summed E-state index contributed by atoms with van der Waals surface area (Å²) in [6.45, 7) is 9.83. The molecule has 0 rings (SSSR count). The largest absolute Gasteiger partial charge is 0.466 e. The molecule has 0 saturated heterocycles. The third-order valence-electron chi connectivity index (χ3n) is 11.0. The van der Waals surface area contributed by atoms with Crippen LogP contribution in [0.25, 0.3) is 0 Å². The van der Waals surface area contributed by atoms with Crippen molar-refractivity contribution < 1.29 is 14.3 Å². The van der Waals surface area contributed by atoms with Crippen molar-refractivity contribution in [1.29, 1.82) is 0 Å². The van der Waals surface area contributed by atoms with Crippen LogP contribution in [-0.2, 0) is 14.3 Å². The minimum atomic E-state index is 0.0217. The topological polar surface area (TPSA) is 35.5 Å². The Labute approximate surface area is 303 Å². The number of methoxy groups -OCH3 is 1. The van der Waals surface area contributed by atoms with Gasteiger partial charge >= 0.3 is 5.97 Å². The molecule has 0 amide bonds. The number of hydrogen-bond donors (Lipinski definition) is 0. The minimum Gasteiger partial charge on any atom is -0.466 e. The fraction of sp³-hybridized carbons (Fsp3) is 0.978. The first-order chi connectivity index (χ1) is 23.6. The Hall–Kier alpha value is -0.570. The predicted molar refractivity (Wildman–Crippen MR) is 213 cm³/mol. The highest BCUT2D eigenvalue weighted by Gasteiger charge is 2.12. The van der Waals surface area contributed by atoms with Gasteiger partial charge in [0.2, 0.25) is 0 Å². The lowest BCUT2D eigenvalue weighted by Gasteiger charge is -2.17. The molecule has 0 heterocycles. The summed E-state index contributed by atoms with van der Waals surface area (Å²) in [7, 11) is 1.90. The zero-order valence-electron chi connectivity index (χ0n) is 33.9. The Morgan fingerprint density at radius 2 is 0.708 bits per heavy atom. The van der Waals surface area contributed by atoms with Gasteiger partial charge < -0.3 is 9.47 Å². The van der Waals surface area contributed by atoms with Crippen LogP contribution in [0.5, 0.6) is 0 Å². The SMILES string of the molecule is CCCCCC(CCCCC)CCCCCCCCCCC(CCCCCCCCC(=O)OCCC(CCCCC)CCCCC)OC. The van der Waals surface area contributed by atoms with E-state index in [0.717, 1.165) is 31.1 Å². The van der Waals surface area contributed by atoms with Crippen LogP contribution in [0.15, 0.2) is 0 Å². The molecule has 0 radical (unpaired) electrons. The summed E-state index contributed by atoms with van der Waals surface area (Å²) in [5.41, 5.74) is 0. The summed E-state index contributed by atoms with van der Waals surface area (Å²) in [5, 5.41) is 0. The number of ether oxygens (including phenoxy) is 2. The Morgan fingerprint density at radius 1 is 0.396 bits per heavy atom. The molecule has 0 spiro atoms. The highest BCUT2D eigenvalue weighted by molar-refractivity contribution is 5.69. The lowest BCUT2D eigenvalue weighted by molar-refractivity contribution is -0.144. The maximum atomic E-state index is 12.2. The average molecular weight is 679 g/mol. The molecule has 1 atom stereocenters. The summed E-state index contributed by atoms with van der Waals surface area (Å²) < 4.78 is 11.4. The molecule has 0 fully saturated rings. The summed E-state index contributed by atoms with van der Waals surface area (Å²) in [6.07, 6.45) is 46.5. The second-order valence-corrected chi connectivity index (χ2v) is 15.6. The van der Waals surface area contributed by atoms with Crippen LogP contribution in [0, 0.1) is 11.8 Å². The number of hydrogen-bond acceptors (Lipinski definition) is 3. The number of rotatable bonds is 40. The molecule has 0 bridgehead atoms. The molecule has 1 unspecified atom stereocenters. The molecule has 48 heavy (non-hydrogen) atoms. The van der Waals surface area contributed by atoms with Gasteiger partial charge in [0.05, 0.1) is 12.7 Å². The van der Waals surface area contributed by atoms with E-state index in [4.69, 9.17) is 9.47 Å². The van der Waals surface area contributed by atoms with Crippen molar-refractivity contribution in [1.82, 2.24) is 0 Å². The number of esters is 1. The molecule has 3 nitrogen and oxygen atoms in total. The summed E-state index contributed by atoms with van der Waals surface area (Å²) in [4.78, 5) is 12.2. The number of carbonyl (C=O) groups excluding carboxylic acids is 1. The standard InChI is InChI=1S/C45H90O3/c1-6-10-24-32-42(33-25-11-7-2)36-28-20-16-14-15-17-21-29-37-44(47-5)38-30-22-18-19-23-31-39-45(46)48-41-40-43(34-26-12-8-3)35-27-13-9-4/h42-44H,6-41H2,1-5H3. The highest BCUT2D eigenvalue weighted by atomic mass is 16.5. The van der Waals surface area contributed by atoms with Gasteiger partial charge in [0.1, 0.15) is 0 Å². The Kier molecular flexibility index (Phi) is 38.8. The van der Waals surface area contributed by atoms with Crippen LogP contribution in [0.1, 0.15) is 252 Å². The minimum absolute atomic E-state index is 0.0217. The average Bonchev–Trinajstić information content (AvgIpc) is 3.09. The Bertz CT molecular complexity index is 599. The predicted octanol–water partition coefficient (Wildman–Crippen LogP) is 15.5. The fourth-order valence-corrected chi connectivity index (χ4v) is 7.60. The second kappa shape index (κ2) is 39.2. The lowest BCUT2D eigenvalue weighted by atomic mass is 9.90. The van der Waals surface area contributed by atoms with E-state index >= 15 is 0 Å². The van der Waals surface area contributed by atoms with E-state index < -0.39 is 0 Å². The first kappa shape index (κ1) is 47.4. The zero-order chi connectivity index (χ0) is 35.2. The Morgan fingerprint density at radius 3 is 1.08 bits per heavy atom. The summed E-state index contributed by atoms with van der Waals surface area (Å²) in [6, 6.07) is 0. The van der Waals surface area contributed by atoms with Crippen LogP contribution < -0.4 is 0 Å². The lowest BCUT2D eigenvalue weighted by Crippen LogP contribution is -2.10. The molecule has 0 aliphatic carbocycles. The maximum Gasteiger partial charge on any atom is 0.305 e. The van der Waals surface area contributed by atoms with Gasteiger partial charge in [-0.25, -0.2) is 0 Å². The molecule has 0 N–H and O–H groups in total. The first-order valence-corrected chi connectivity index (χ1v) is 22.3. The van der Waals surface area contributed by atoms with Crippen molar-refractivity contribution in [2.75, 3.05) is 13.7 Å². The van der Waals surface area contributed by atoms with Crippen molar-refractivity contribution in [3.8, 4) is 0 Å². The molecule has 0 aliphatic rings. The van der Waals surface area contributed by atoms with E-state index in [9.17, 15) is 4.79 Å². The molecule has 0 aliphatic heterocycles. The molecular weight excluding hydrogens is 588 g/mol. The second-order valence-electron chi connectivity index (χ2n) is 15.6. The van der Waals surface area contributed by atoms with Gasteiger partial charge in [-0.05, 0) is 37.5 Å². The van der Waals surface area contributed by atoms with Gasteiger partial charge in [-0.1, -0.05) is 220 Å². The number of unbranched alkanes of at least 4 members (excludes halogenated alkanes) is 20. The van der Waals surface area contributed by atoms with Crippen molar-refractivity contribution >= 4 is 5.97 Å². The maximum absolute atomic E-state index is 12.2. The van der Waals surface area contributed by atoms with E-state index in [1.807, 2.05) is 7.11 Å².